The number of sulfone groups is 1. The molecule has 0 aliphatic heterocycles. The van der Waals surface area contributed by atoms with Crippen LogP contribution in [0.3, 0.4) is 0 Å². The number of sulfonamides is 1. The summed E-state index contributed by atoms with van der Waals surface area (Å²) in [4.78, 5) is 10.6. The molecule has 10 heteroatoms. The number of carbonyl (C=O) groups is 1. The summed E-state index contributed by atoms with van der Waals surface area (Å²) in [7, 11) is -8.30. The van der Waals surface area contributed by atoms with Crippen LogP contribution in [0, 0.1) is 12.8 Å². The second-order valence-electron chi connectivity index (χ2n) is 6.55. The molecule has 2 aromatic carbocycles. The maximum atomic E-state index is 12.8. The van der Waals surface area contributed by atoms with Gasteiger partial charge in [0, 0.05) is 5.02 Å². The molecule has 1 atom stereocenters. The minimum atomic E-state index is -4.31. The molecule has 152 valence electrons. The lowest BCUT2D eigenvalue weighted by atomic mass is 10.1. The maximum Gasteiger partial charge on any atom is 0.241 e. The summed E-state index contributed by atoms with van der Waals surface area (Å²) in [6.45, 7) is 4.53. The third-order valence-electron chi connectivity index (χ3n) is 4.09. The summed E-state index contributed by atoms with van der Waals surface area (Å²) >= 11 is 5.78. The number of carboxylic acid groups (broad SMARTS) is 1. The van der Waals surface area contributed by atoms with Crippen molar-refractivity contribution in [3.8, 4) is 0 Å². The highest BCUT2D eigenvalue weighted by Gasteiger charge is 2.27. The van der Waals surface area contributed by atoms with Crippen molar-refractivity contribution in [2.75, 3.05) is 0 Å². The molecule has 0 heterocycles. The number of benzene rings is 2. The van der Waals surface area contributed by atoms with Crippen LogP contribution in [0.25, 0.3) is 0 Å². The number of aliphatic carboxylic acids is 1. The molecule has 0 aliphatic rings. The summed E-state index contributed by atoms with van der Waals surface area (Å²) in [5.41, 5.74) is 0.267. The number of carbonyl (C=O) groups excluding carboxylic acids is 1. The van der Waals surface area contributed by atoms with Gasteiger partial charge >= 0.3 is 0 Å². The van der Waals surface area contributed by atoms with Crippen LogP contribution in [0.5, 0.6) is 0 Å². The first-order chi connectivity index (χ1) is 12.9. The molecule has 0 fully saturated rings. The smallest absolute Gasteiger partial charge is 0.241 e. The molecule has 1 N–H and O–H groups in total. The van der Waals surface area contributed by atoms with Crippen molar-refractivity contribution >= 4 is 37.4 Å². The fourth-order valence-electron chi connectivity index (χ4n) is 2.47. The van der Waals surface area contributed by atoms with E-state index in [0.717, 1.165) is 6.07 Å². The lowest BCUT2D eigenvalue weighted by Gasteiger charge is -2.23. The number of carboxylic acids is 1. The van der Waals surface area contributed by atoms with Gasteiger partial charge in [0.1, 0.15) is 0 Å². The molecule has 2 aromatic rings. The van der Waals surface area contributed by atoms with Crippen molar-refractivity contribution in [1.29, 1.82) is 0 Å². The molecule has 0 saturated carbocycles. The van der Waals surface area contributed by atoms with Crippen LogP contribution in [0.1, 0.15) is 19.4 Å². The van der Waals surface area contributed by atoms with Crippen molar-refractivity contribution in [3.05, 3.63) is 53.1 Å². The Hall–Kier alpha value is -1.94. The van der Waals surface area contributed by atoms with E-state index in [1.807, 2.05) is 0 Å². The van der Waals surface area contributed by atoms with Gasteiger partial charge in [-0.2, -0.15) is 0 Å². The number of halogens is 1. The molecule has 2 rings (SSSR count). The zero-order chi connectivity index (χ0) is 21.3. The molecular formula is C18H19ClNO6S2-. The summed E-state index contributed by atoms with van der Waals surface area (Å²) < 4.78 is 53.1. The van der Waals surface area contributed by atoms with E-state index in [1.54, 1.807) is 0 Å². The SMILES string of the molecule is Cc1ccc(S(=O)(=O)c2ccc(Cl)cc2)cc1S(=O)(=O)N[C@H](C(=O)[O-])C(C)C. The van der Waals surface area contributed by atoms with E-state index >= 15 is 0 Å². The van der Waals surface area contributed by atoms with Crippen LogP contribution >= 0.6 is 11.6 Å². The Bertz CT molecular complexity index is 1090. The fraction of sp³-hybridized carbons (Fsp3) is 0.278. The van der Waals surface area contributed by atoms with Gasteiger partial charge in [-0.05, 0) is 54.8 Å². The third kappa shape index (κ3) is 4.72. The molecule has 0 saturated heterocycles. The van der Waals surface area contributed by atoms with Crippen LogP contribution < -0.4 is 9.83 Å². The van der Waals surface area contributed by atoms with Gasteiger partial charge in [0.05, 0.1) is 26.7 Å². The summed E-state index contributed by atoms with van der Waals surface area (Å²) in [6, 6.07) is 7.64. The average Bonchev–Trinajstić information content (AvgIpc) is 2.59. The number of rotatable bonds is 7. The highest BCUT2D eigenvalue weighted by atomic mass is 35.5. The molecule has 28 heavy (non-hydrogen) atoms. The zero-order valence-corrected chi connectivity index (χ0v) is 17.7. The van der Waals surface area contributed by atoms with Crippen molar-refractivity contribution in [2.45, 2.75) is 41.5 Å². The predicted octanol–water partition coefficient (Wildman–Crippen LogP) is 1.53. The normalized spacial score (nSPS) is 13.5. The van der Waals surface area contributed by atoms with Crippen molar-refractivity contribution in [1.82, 2.24) is 4.72 Å². The molecule has 0 aromatic heterocycles. The molecule has 0 bridgehead atoms. The highest BCUT2D eigenvalue weighted by Crippen LogP contribution is 2.26. The topological polar surface area (TPSA) is 120 Å². The van der Waals surface area contributed by atoms with Crippen LogP contribution in [0.15, 0.2) is 57.2 Å². The highest BCUT2D eigenvalue weighted by molar-refractivity contribution is 7.91. The number of hydrogen-bond acceptors (Lipinski definition) is 6. The second kappa shape index (κ2) is 8.20. The average molecular weight is 445 g/mol. The Labute approximate surface area is 169 Å². The maximum absolute atomic E-state index is 12.8. The van der Waals surface area contributed by atoms with Crippen LogP contribution in [0.2, 0.25) is 5.02 Å². The minimum Gasteiger partial charge on any atom is -0.548 e. The Kier molecular flexibility index (Phi) is 6.55. The lowest BCUT2D eigenvalue weighted by molar-refractivity contribution is -0.309. The van der Waals surface area contributed by atoms with E-state index in [-0.39, 0.29) is 20.2 Å². The fourth-order valence-corrected chi connectivity index (χ4v) is 5.56. The van der Waals surface area contributed by atoms with Crippen molar-refractivity contribution in [3.63, 3.8) is 0 Å². The predicted molar refractivity (Wildman–Crippen MR) is 102 cm³/mol. The Morgan fingerprint density at radius 1 is 1.00 bits per heavy atom. The van der Waals surface area contributed by atoms with E-state index in [1.165, 1.54) is 57.2 Å². The van der Waals surface area contributed by atoms with Gasteiger partial charge in [-0.15, -0.1) is 0 Å². The minimum absolute atomic E-state index is 0.0492. The zero-order valence-electron chi connectivity index (χ0n) is 15.3. The van der Waals surface area contributed by atoms with Crippen molar-refractivity contribution < 1.29 is 26.7 Å². The Morgan fingerprint density at radius 3 is 2.04 bits per heavy atom. The standard InChI is InChI=1S/C18H20ClNO6S2/c1-11(2)17(18(21)22)20-28(25,26)16-10-15(7-4-12(16)3)27(23,24)14-8-5-13(19)6-9-14/h4-11,17,20H,1-3H3,(H,21,22)/p-1/t17-/m0/s1. The Balaban J connectivity index is 2.53. The van der Waals surface area contributed by atoms with Gasteiger partial charge in [0.2, 0.25) is 19.9 Å². The molecule has 0 amide bonds. The van der Waals surface area contributed by atoms with E-state index in [9.17, 15) is 26.7 Å². The number of nitrogens with one attached hydrogen (secondary N) is 1. The van der Waals surface area contributed by atoms with E-state index in [4.69, 9.17) is 11.6 Å². The summed E-state index contributed by atoms with van der Waals surface area (Å²) in [5, 5.41) is 11.6. The lowest BCUT2D eigenvalue weighted by Crippen LogP contribution is -2.50. The molecule has 0 aliphatic carbocycles. The van der Waals surface area contributed by atoms with Gasteiger partial charge in [-0.3, -0.25) is 0 Å². The quantitative estimate of drug-likeness (QED) is 0.691. The molecule has 7 nitrogen and oxygen atoms in total. The molecule has 0 spiro atoms. The van der Waals surface area contributed by atoms with Gasteiger partial charge in [0.15, 0.2) is 0 Å². The van der Waals surface area contributed by atoms with Gasteiger partial charge in [-0.25, -0.2) is 21.6 Å². The van der Waals surface area contributed by atoms with Crippen LogP contribution in [0.4, 0.5) is 0 Å². The van der Waals surface area contributed by atoms with Gasteiger partial charge in [-0.1, -0.05) is 31.5 Å². The molecular weight excluding hydrogens is 426 g/mol. The first-order valence-electron chi connectivity index (χ1n) is 8.21. The van der Waals surface area contributed by atoms with E-state index in [2.05, 4.69) is 4.72 Å². The van der Waals surface area contributed by atoms with Crippen molar-refractivity contribution in [2.24, 2.45) is 5.92 Å². The van der Waals surface area contributed by atoms with E-state index < -0.39 is 37.8 Å². The monoisotopic (exact) mass is 444 g/mol. The first-order valence-corrected chi connectivity index (χ1v) is 11.5. The van der Waals surface area contributed by atoms with Gasteiger partial charge < -0.3 is 9.90 Å². The molecule has 0 radical (unpaired) electrons. The molecule has 0 unspecified atom stereocenters. The van der Waals surface area contributed by atoms with Crippen LogP contribution in [-0.4, -0.2) is 28.8 Å². The number of aryl methyl sites for hydroxylation is 1. The summed E-state index contributed by atoms with van der Waals surface area (Å²) in [5.74, 6) is -2.14. The first kappa shape index (κ1) is 22.4. The van der Waals surface area contributed by atoms with Gasteiger partial charge in [0.25, 0.3) is 0 Å². The van der Waals surface area contributed by atoms with Crippen LogP contribution in [-0.2, 0) is 24.7 Å². The number of hydrogen-bond donors (Lipinski definition) is 1. The third-order valence-corrected chi connectivity index (χ3v) is 7.69. The Morgan fingerprint density at radius 2 is 1.54 bits per heavy atom. The second-order valence-corrected chi connectivity index (χ2v) is 10.6. The summed E-state index contributed by atoms with van der Waals surface area (Å²) in [6.07, 6.45) is 0. The largest absolute Gasteiger partial charge is 0.548 e. The van der Waals surface area contributed by atoms with E-state index in [0.29, 0.717) is 5.02 Å².